The first-order valence-corrected chi connectivity index (χ1v) is 5.98. The van der Waals surface area contributed by atoms with Crippen LogP contribution in [0.4, 0.5) is 0 Å². The molecule has 0 amide bonds. The maximum absolute atomic E-state index is 11.3. The molecule has 0 saturated carbocycles. The monoisotopic (exact) mass is 245 g/mol. The van der Waals surface area contributed by atoms with Crippen molar-refractivity contribution < 1.29 is 9.90 Å². The van der Waals surface area contributed by atoms with Crippen molar-refractivity contribution in [2.75, 3.05) is 0 Å². The summed E-state index contributed by atoms with van der Waals surface area (Å²) in [6.45, 7) is 6.05. The van der Waals surface area contributed by atoms with Crippen LogP contribution in [0.3, 0.4) is 0 Å². The van der Waals surface area contributed by atoms with Gasteiger partial charge in [-0.1, -0.05) is 13.8 Å². The SMILES string of the molecule is Cc1cn2ncc3c(c2n1)C(C)(C)CC3C(=O)O. The summed E-state index contributed by atoms with van der Waals surface area (Å²) in [6.07, 6.45) is 4.14. The number of hydrogen-bond donors (Lipinski definition) is 1. The number of aromatic nitrogens is 3. The Bertz CT molecular complexity index is 658. The minimum atomic E-state index is -0.781. The minimum Gasteiger partial charge on any atom is -0.481 e. The molecule has 1 atom stereocenters. The number of hydrogen-bond acceptors (Lipinski definition) is 3. The van der Waals surface area contributed by atoms with Gasteiger partial charge in [-0.05, 0) is 24.3 Å². The Labute approximate surface area is 104 Å². The summed E-state index contributed by atoms with van der Waals surface area (Å²) in [6, 6.07) is 0. The number of aliphatic carboxylic acids is 1. The standard InChI is InChI=1S/C13H15N3O2/c1-7-6-16-11(15-7)10-9(5-14-16)8(12(17)18)4-13(10,2)3/h5-6,8H,4H2,1-3H3,(H,17,18). The molecule has 2 aromatic rings. The van der Waals surface area contributed by atoms with Crippen LogP contribution >= 0.6 is 0 Å². The van der Waals surface area contributed by atoms with Gasteiger partial charge in [0.05, 0.1) is 24.0 Å². The van der Waals surface area contributed by atoms with Crippen molar-refractivity contribution in [1.29, 1.82) is 0 Å². The molecule has 1 aliphatic rings. The third-order valence-corrected chi connectivity index (χ3v) is 3.71. The van der Waals surface area contributed by atoms with E-state index in [-0.39, 0.29) is 5.41 Å². The molecule has 0 aliphatic heterocycles. The normalized spacial score (nSPS) is 21.2. The molecule has 1 N–H and O–H groups in total. The van der Waals surface area contributed by atoms with Gasteiger partial charge in [-0.2, -0.15) is 5.10 Å². The summed E-state index contributed by atoms with van der Waals surface area (Å²) in [7, 11) is 0. The van der Waals surface area contributed by atoms with E-state index < -0.39 is 11.9 Å². The molecule has 94 valence electrons. The quantitative estimate of drug-likeness (QED) is 0.833. The van der Waals surface area contributed by atoms with Crippen molar-refractivity contribution >= 4 is 11.6 Å². The van der Waals surface area contributed by atoms with Crippen LogP contribution in [0.15, 0.2) is 12.4 Å². The molecule has 5 nitrogen and oxygen atoms in total. The van der Waals surface area contributed by atoms with E-state index in [4.69, 9.17) is 0 Å². The van der Waals surface area contributed by atoms with Gasteiger partial charge in [-0.25, -0.2) is 9.50 Å². The van der Waals surface area contributed by atoms with Crippen LogP contribution in [0, 0.1) is 6.92 Å². The maximum atomic E-state index is 11.3. The van der Waals surface area contributed by atoms with Gasteiger partial charge in [0.25, 0.3) is 0 Å². The zero-order chi connectivity index (χ0) is 13.1. The second-order valence-electron chi connectivity index (χ2n) is 5.60. The summed E-state index contributed by atoms with van der Waals surface area (Å²) in [5.41, 5.74) is 3.34. The average Bonchev–Trinajstić information content (AvgIpc) is 2.75. The first-order chi connectivity index (χ1) is 8.40. The molecule has 0 fully saturated rings. The molecule has 1 unspecified atom stereocenters. The van der Waals surface area contributed by atoms with Gasteiger partial charge in [-0.3, -0.25) is 4.79 Å². The Hall–Kier alpha value is -1.91. The van der Waals surface area contributed by atoms with Crippen molar-refractivity contribution in [2.45, 2.75) is 38.5 Å². The lowest BCUT2D eigenvalue weighted by Crippen LogP contribution is -2.15. The van der Waals surface area contributed by atoms with Crippen LogP contribution in [0.25, 0.3) is 5.65 Å². The first kappa shape index (κ1) is 11.2. The van der Waals surface area contributed by atoms with Crippen LogP contribution < -0.4 is 0 Å². The van der Waals surface area contributed by atoms with Gasteiger partial charge in [0.15, 0.2) is 5.65 Å². The minimum absolute atomic E-state index is 0.180. The van der Waals surface area contributed by atoms with E-state index in [2.05, 4.69) is 23.9 Å². The van der Waals surface area contributed by atoms with Crippen LogP contribution in [-0.2, 0) is 10.2 Å². The van der Waals surface area contributed by atoms with Crippen molar-refractivity contribution in [3.05, 3.63) is 29.2 Å². The van der Waals surface area contributed by atoms with E-state index in [1.54, 1.807) is 10.7 Å². The Balaban J connectivity index is 2.35. The number of fused-ring (bicyclic) bond motifs is 3. The zero-order valence-electron chi connectivity index (χ0n) is 10.6. The highest BCUT2D eigenvalue weighted by Gasteiger charge is 2.42. The highest BCUT2D eigenvalue weighted by molar-refractivity contribution is 5.80. The highest BCUT2D eigenvalue weighted by atomic mass is 16.4. The summed E-state index contributed by atoms with van der Waals surface area (Å²) in [5.74, 6) is -1.25. The van der Waals surface area contributed by atoms with E-state index in [9.17, 15) is 9.90 Å². The summed E-state index contributed by atoms with van der Waals surface area (Å²) >= 11 is 0. The lowest BCUT2D eigenvalue weighted by Gasteiger charge is -2.18. The van der Waals surface area contributed by atoms with E-state index in [1.165, 1.54) is 0 Å². The second-order valence-corrected chi connectivity index (χ2v) is 5.60. The smallest absolute Gasteiger partial charge is 0.311 e. The van der Waals surface area contributed by atoms with E-state index in [0.717, 1.165) is 22.5 Å². The Morgan fingerprint density at radius 1 is 1.56 bits per heavy atom. The third-order valence-electron chi connectivity index (χ3n) is 3.71. The molecule has 5 heteroatoms. The number of rotatable bonds is 1. The molecule has 2 aromatic heterocycles. The van der Waals surface area contributed by atoms with Gasteiger partial charge in [-0.15, -0.1) is 0 Å². The van der Waals surface area contributed by atoms with E-state index in [1.807, 2.05) is 13.1 Å². The van der Waals surface area contributed by atoms with Gasteiger partial charge in [0.1, 0.15) is 0 Å². The summed E-state index contributed by atoms with van der Waals surface area (Å²) in [5, 5.41) is 13.6. The van der Waals surface area contributed by atoms with Crippen LogP contribution in [0.2, 0.25) is 0 Å². The molecular formula is C13H15N3O2. The lowest BCUT2D eigenvalue weighted by molar-refractivity contribution is -0.139. The summed E-state index contributed by atoms with van der Waals surface area (Å²) < 4.78 is 1.74. The predicted octanol–water partition coefficient (Wildman–Crippen LogP) is 1.89. The van der Waals surface area contributed by atoms with Crippen LogP contribution in [0.5, 0.6) is 0 Å². The molecule has 0 bridgehead atoms. The fourth-order valence-electron chi connectivity index (χ4n) is 2.96. The van der Waals surface area contributed by atoms with E-state index >= 15 is 0 Å². The predicted molar refractivity (Wildman–Crippen MR) is 65.7 cm³/mol. The average molecular weight is 245 g/mol. The highest BCUT2D eigenvalue weighted by Crippen LogP contribution is 2.46. The number of carboxylic acids is 1. The van der Waals surface area contributed by atoms with Crippen molar-refractivity contribution in [3.63, 3.8) is 0 Å². The number of imidazole rings is 1. The fraction of sp³-hybridized carbons (Fsp3) is 0.462. The molecule has 0 aromatic carbocycles. The fourth-order valence-corrected chi connectivity index (χ4v) is 2.96. The molecular weight excluding hydrogens is 230 g/mol. The van der Waals surface area contributed by atoms with E-state index in [0.29, 0.717) is 6.42 Å². The van der Waals surface area contributed by atoms with Gasteiger partial charge < -0.3 is 5.11 Å². The van der Waals surface area contributed by atoms with Crippen molar-refractivity contribution in [1.82, 2.24) is 14.6 Å². The zero-order valence-corrected chi connectivity index (χ0v) is 10.6. The van der Waals surface area contributed by atoms with Gasteiger partial charge in [0.2, 0.25) is 0 Å². The second kappa shape index (κ2) is 3.31. The molecule has 18 heavy (non-hydrogen) atoms. The lowest BCUT2D eigenvalue weighted by atomic mass is 9.86. The molecule has 0 saturated heterocycles. The molecule has 2 heterocycles. The topological polar surface area (TPSA) is 67.5 Å². The third kappa shape index (κ3) is 1.36. The molecule has 0 radical (unpaired) electrons. The Kier molecular flexibility index (Phi) is 2.06. The van der Waals surface area contributed by atoms with Crippen LogP contribution in [0.1, 0.15) is 43.0 Å². The largest absolute Gasteiger partial charge is 0.481 e. The maximum Gasteiger partial charge on any atom is 0.311 e. The number of carboxylic acid groups (broad SMARTS) is 1. The number of nitrogens with zero attached hydrogens (tertiary/aromatic N) is 3. The molecule has 3 rings (SSSR count). The van der Waals surface area contributed by atoms with Crippen molar-refractivity contribution in [2.24, 2.45) is 0 Å². The molecule has 1 aliphatic carbocycles. The number of aryl methyl sites for hydroxylation is 1. The Morgan fingerprint density at radius 3 is 2.94 bits per heavy atom. The van der Waals surface area contributed by atoms with Crippen LogP contribution in [-0.4, -0.2) is 25.7 Å². The van der Waals surface area contributed by atoms with Gasteiger partial charge in [0, 0.05) is 5.56 Å². The number of carbonyl (C=O) groups is 1. The molecule has 0 spiro atoms. The first-order valence-electron chi connectivity index (χ1n) is 5.98. The van der Waals surface area contributed by atoms with Crippen molar-refractivity contribution in [3.8, 4) is 0 Å². The van der Waals surface area contributed by atoms with Gasteiger partial charge >= 0.3 is 5.97 Å². The summed E-state index contributed by atoms with van der Waals surface area (Å²) in [4.78, 5) is 15.8. The Morgan fingerprint density at radius 2 is 2.28 bits per heavy atom.